The largest absolute Gasteiger partial charge is 0.508 e. The fourth-order valence-corrected chi connectivity index (χ4v) is 2.58. The van der Waals surface area contributed by atoms with Crippen LogP contribution in [0.3, 0.4) is 0 Å². The molecule has 0 unspecified atom stereocenters. The van der Waals surface area contributed by atoms with Crippen molar-refractivity contribution >= 4 is 15.9 Å². The zero-order valence-corrected chi connectivity index (χ0v) is 11.3. The molecule has 0 aromatic heterocycles. The van der Waals surface area contributed by atoms with Crippen molar-refractivity contribution in [2.75, 3.05) is 0 Å². The van der Waals surface area contributed by atoms with Gasteiger partial charge in [-0.1, -0.05) is 28.8 Å². The molecule has 0 aliphatic heterocycles. The lowest BCUT2D eigenvalue weighted by atomic mass is 9.95. The second kappa shape index (κ2) is 4.38. The first-order valence-electron chi connectivity index (χ1n) is 5.74. The molecule has 3 N–H and O–H groups in total. The lowest BCUT2D eigenvalue weighted by Crippen LogP contribution is -2.13. The van der Waals surface area contributed by atoms with E-state index in [0.29, 0.717) is 5.75 Å². The fraction of sp³-hybridized carbons (Fsp3) is 0.538. The van der Waals surface area contributed by atoms with Gasteiger partial charge in [0.1, 0.15) is 5.75 Å². The van der Waals surface area contributed by atoms with Gasteiger partial charge in [0.25, 0.3) is 0 Å². The predicted octanol–water partition coefficient (Wildman–Crippen LogP) is 3.57. The summed E-state index contributed by atoms with van der Waals surface area (Å²) in [6, 6.07) is 1.75. The number of benzene rings is 1. The topological polar surface area (TPSA) is 46.2 Å². The number of aromatic hydroxyl groups is 1. The third-order valence-electron chi connectivity index (χ3n) is 3.36. The molecule has 2 rings (SSSR count). The second-order valence-corrected chi connectivity index (χ2v) is 5.64. The van der Waals surface area contributed by atoms with Crippen LogP contribution in [0, 0.1) is 19.8 Å². The third-order valence-corrected chi connectivity index (χ3v) is 4.58. The number of phenolic OH excluding ortho intramolecular Hbond substituents is 1. The van der Waals surface area contributed by atoms with Crippen LogP contribution in [-0.4, -0.2) is 5.11 Å². The molecule has 1 atom stereocenters. The molecule has 16 heavy (non-hydrogen) atoms. The quantitative estimate of drug-likeness (QED) is 0.891. The maximum absolute atomic E-state index is 10.00. The second-order valence-electron chi connectivity index (χ2n) is 4.85. The van der Waals surface area contributed by atoms with Crippen LogP contribution in [0.2, 0.25) is 0 Å². The molecule has 0 bridgehead atoms. The number of halogens is 1. The average Bonchev–Trinajstić information content (AvgIpc) is 2.98. The number of nitrogens with two attached hydrogens (primary N) is 1. The van der Waals surface area contributed by atoms with E-state index < -0.39 is 0 Å². The number of hydrogen-bond acceptors (Lipinski definition) is 2. The first-order chi connectivity index (χ1) is 7.50. The van der Waals surface area contributed by atoms with Gasteiger partial charge in [-0.2, -0.15) is 0 Å². The Labute approximate surface area is 105 Å². The Morgan fingerprint density at radius 2 is 2.12 bits per heavy atom. The molecule has 0 amide bonds. The average molecular weight is 284 g/mol. The van der Waals surface area contributed by atoms with Crippen LogP contribution in [0.5, 0.6) is 5.75 Å². The maximum atomic E-state index is 10.00. The van der Waals surface area contributed by atoms with Crippen molar-refractivity contribution < 1.29 is 5.11 Å². The SMILES string of the molecule is Cc1cc(O)c([C@H](N)CC2CC2)c(C)c1Br. The van der Waals surface area contributed by atoms with Gasteiger partial charge in [-0.05, 0) is 43.4 Å². The number of aryl methyl sites for hydroxylation is 1. The highest BCUT2D eigenvalue weighted by Gasteiger charge is 2.27. The summed E-state index contributed by atoms with van der Waals surface area (Å²) in [5.74, 6) is 1.11. The number of rotatable bonds is 3. The van der Waals surface area contributed by atoms with Gasteiger partial charge in [-0.25, -0.2) is 0 Å². The minimum atomic E-state index is -0.0376. The summed E-state index contributed by atoms with van der Waals surface area (Å²) in [5, 5.41) is 10.00. The zero-order chi connectivity index (χ0) is 11.9. The third kappa shape index (κ3) is 2.25. The van der Waals surface area contributed by atoms with Crippen molar-refractivity contribution in [3.8, 4) is 5.75 Å². The molecule has 0 spiro atoms. The van der Waals surface area contributed by atoms with Gasteiger partial charge >= 0.3 is 0 Å². The van der Waals surface area contributed by atoms with Crippen LogP contribution < -0.4 is 5.73 Å². The molecule has 1 aliphatic carbocycles. The summed E-state index contributed by atoms with van der Waals surface area (Å²) in [5.41, 5.74) is 9.21. The van der Waals surface area contributed by atoms with Crippen LogP contribution in [0.4, 0.5) is 0 Å². The molecule has 0 radical (unpaired) electrons. The summed E-state index contributed by atoms with van der Waals surface area (Å²) in [7, 11) is 0. The summed E-state index contributed by atoms with van der Waals surface area (Å²) in [4.78, 5) is 0. The van der Waals surface area contributed by atoms with Crippen molar-refractivity contribution in [2.24, 2.45) is 11.7 Å². The van der Waals surface area contributed by atoms with Crippen LogP contribution in [0.25, 0.3) is 0 Å². The highest BCUT2D eigenvalue weighted by molar-refractivity contribution is 9.10. The molecule has 3 heteroatoms. The van der Waals surface area contributed by atoms with Crippen LogP contribution in [0.1, 0.15) is 42.0 Å². The van der Waals surface area contributed by atoms with Crippen molar-refractivity contribution in [1.82, 2.24) is 0 Å². The number of phenols is 1. The number of hydrogen-bond donors (Lipinski definition) is 2. The predicted molar refractivity (Wildman–Crippen MR) is 69.6 cm³/mol. The maximum Gasteiger partial charge on any atom is 0.120 e. The Balaban J connectivity index is 2.34. The van der Waals surface area contributed by atoms with Gasteiger partial charge < -0.3 is 10.8 Å². The van der Waals surface area contributed by atoms with E-state index in [-0.39, 0.29) is 6.04 Å². The van der Waals surface area contributed by atoms with Gasteiger partial charge in [-0.15, -0.1) is 0 Å². The molecule has 0 saturated heterocycles. The molecule has 1 saturated carbocycles. The Hall–Kier alpha value is -0.540. The van der Waals surface area contributed by atoms with Crippen LogP contribution >= 0.6 is 15.9 Å². The molecule has 0 heterocycles. The molecule has 1 aromatic rings. The molecule has 1 fully saturated rings. The first-order valence-corrected chi connectivity index (χ1v) is 6.54. The highest BCUT2D eigenvalue weighted by atomic mass is 79.9. The van der Waals surface area contributed by atoms with E-state index in [9.17, 15) is 5.11 Å². The van der Waals surface area contributed by atoms with Gasteiger partial charge in [0.05, 0.1) is 0 Å². The van der Waals surface area contributed by atoms with E-state index >= 15 is 0 Å². The molecular formula is C13H18BrNO. The highest BCUT2D eigenvalue weighted by Crippen LogP contribution is 2.41. The summed E-state index contributed by atoms with van der Waals surface area (Å²) >= 11 is 3.55. The van der Waals surface area contributed by atoms with Crippen LogP contribution in [0.15, 0.2) is 10.5 Å². The summed E-state index contributed by atoms with van der Waals surface area (Å²) in [6.45, 7) is 3.99. The van der Waals surface area contributed by atoms with Crippen molar-refractivity contribution in [3.05, 3.63) is 27.2 Å². The first kappa shape index (κ1) is 11.9. The van der Waals surface area contributed by atoms with E-state index in [4.69, 9.17) is 5.73 Å². The zero-order valence-electron chi connectivity index (χ0n) is 9.76. The normalized spacial score (nSPS) is 17.5. The Kier molecular flexibility index (Phi) is 3.27. The van der Waals surface area contributed by atoms with Gasteiger partial charge in [0.2, 0.25) is 0 Å². The monoisotopic (exact) mass is 283 g/mol. The van der Waals surface area contributed by atoms with Crippen molar-refractivity contribution in [3.63, 3.8) is 0 Å². The Bertz CT molecular complexity index is 413. The standard InChI is InChI=1S/C13H18BrNO/c1-7-5-11(16)12(8(2)13(7)14)10(15)6-9-3-4-9/h5,9-10,16H,3-4,6,15H2,1-2H3/t10-/m1/s1. The Morgan fingerprint density at radius 1 is 1.50 bits per heavy atom. The van der Waals surface area contributed by atoms with Gasteiger partial charge in [-0.3, -0.25) is 0 Å². The fourth-order valence-electron chi connectivity index (χ4n) is 2.25. The minimum Gasteiger partial charge on any atom is -0.508 e. The van der Waals surface area contributed by atoms with Crippen LogP contribution in [-0.2, 0) is 0 Å². The van der Waals surface area contributed by atoms with E-state index in [2.05, 4.69) is 15.9 Å². The minimum absolute atomic E-state index is 0.0376. The smallest absolute Gasteiger partial charge is 0.120 e. The molecule has 1 aromatic carbocycles. The molecular weight excluding hydrogens is 266 g/mol. The van der Waals surface area contributed by atoms with Crippen molar-refractivity contribution in [2.45, 2.75) is 39.2 Å². The summed E-state index contributed by atoms with van der Waals surface area (Å²) in [6.07, 6.45) is 3.57. The van der Waals surface area contributed by atoms with Gasteiger partial charge in [0, 0.05) is 16.1 Å². The van der Waals surface area contributed by atoms with E-state index in [1.165, 1.54) is 12.8 Å². The molecule has 88 valence electrons. The van der Waals surface area contributed by atoms with Gasteiger partial charge in [0.15, 0.2) is 0 Å². The van der Waals surface area contributed by atoms with Crippen molar-refractivity contribution in [1.29, 1.82) is 0 Å². The van der Waals surface area contributed by atoms with E-state index in [1.807, 2.05) is 13.8 Å². The molecule has 2 nitrogen and oxygen atoms in total. The Morgan fingerprint density at radius 3 is 2.69 bits per heavy atom. The lowest BCUT2D eigenvalue weighted by Gasteiger charge is -2.18. The summed E-state index contributed by atoms with van der Waals surface area (Å²) < 4.78 is 1.06. The van der Waals surface area contributed by atoms with E-state index in [1.54, 1.807) is 6.07 Å². The van der Waals surface area contributed by atoms with E-state index in [0.717, 1.165) is 33.5 Å². The molecule has 1 aliphatic rings. The lowest BCUT2D eigenvalue weighted by molar-refractivity contribution is 0.453.